The highest BCUT2D eigenvalue weighted by molar-refractivity contribution is 7.86. The van der Waals surface area contributed by atoms with Crippen LogP contribution >= 0.6 is 0 Å². The molecule has 10 heteroatoms. The van der Waals surface area contributed by atoms with Crippen molar-refractivity contribution in [2.75, 3.05) is 0 Å². The third-order valence-corrected chi connectivity index (χ3v) is 4.32. The first-order chi connectivity index (χ1) is 6.88. The molecule has 0 aromatic rings. The van der Waals surface area contributed by atoms with Gasteiger partial charge in [0.15, 0.2) is 0 Å². The van der Waals surface area contributed by atoms with Crippen LogP contribution in [0.15, 0.2) is 0 Å². The molecule has 0 aliphatic carbocycles. The summed E-state index contributed by atoms with van der Waals surface area (Å²) in [7, 11) is -9.27. The normalized spacial score (nSPS) is 16.1. The molecule has 0 rings (SSSR count). The zero-order chi connectivity index (χ0) is 13.2. The van der Waals surface area contributed by atoms with Gasteiger partial charge in [0.2, 0.25) is 0 Å². The highest BCUT2D eigenvalue weighted by Crippen LogP contribution is 2.19. The van der Waals surface area contributed by atoms with Crippen LogP contribution in [0.25, 0.3) is 0 Å². The Hall–Kier alpha value is -0.260. The predicted octanol–water partition coefficient (Wildman–Crippen LogP) is -1.04. The zero-order valence-electron chi connectivity index (χ0n) is 8.44. The van der Waals surface area contributed by atoms with Crippen LogP contribution < -0.4 is 0 Å². The van der Waals surface area contributed by atoms with E-state index in [0.29, 0.717) is 0 Å². The molecule has 16 heavy (non-hydrogen) atoms. The molecular formula is C6H14O8S2. The smallest absolute Gasteiger partial charge is 0.321 e. The highest BCUT2D eigenvalue weighted by atomic mass is 32.2. The maximum Gasteiger partial charge on any atom is 0.321 e. The first kappa shape index (κ1) is 15.7. The maximum absolute atomic E-state index is 10.5. The van der Waals surface area contributed by atoms with Gasteiger partial charge in [-0.15, -0.1) is 0 Å². The summed E-state index contributed by atoms with van der Waals surface area (Å²) in [6.45, 7) is 1.18. The Labute approximate surface area is 93.4 Å². The summed E-state index contributed by atoms with van der Waals surface area (Å²) in [6.07, 6.45) is -1.14. The summed E-state index contributed by atoms with van der Waals surface area (Å²) in [4.78, 5) is 0. The van der Waals surface area contributed by atoms with E-state index < -0.39 is 37.0 Å². The summed E-state index contributed by atoms with van der Waals surface area (Å²) >= 11 is 0. The van der Waals surface area contributed by atoms with E-state index in [0.717, 1.165) is 0 Å². The third-order valence-electron chi connectivity index (χ3n) is 2.03. The van der Waals surface area contributed by atoms with Crippen LogP contribution in [0.4, 0.5) is 0 Å². The molecule has 1 atom stereocenters. The van der Waals surface area contributed by atoms with Gasteiger partial charge in [0, 0.05) is 6.42 Å². The number of hydrogen-bond donors (Lipinski definition) is 4. The summed E-state index contributed by atoms with van der Waals surface area (Å²) in [5, 5.41) is 13.3. The van der Waals surface area contributed by atoms with Crippen LogP contribution in [-0.2, 0) is 20.2 Å². The molecular weight excluding hydrogens is 264 g/mol. The third kappa shape index (κ3) is 4.72. The Balaban J connectivity index is 4.31. The van der Waals surface area contributed by atoms with Crippen molar-refractivity contribution in [1.29, 1.82) is 0 Å². The number of hydrogen-bond acceptors (Lipinski definition) is 6. The van der Waals surface area contributed by atoms with Gasteiger partial charge in [-0.1, -0.05) is 0 Å². The molecule has 0 radical (unpaired) electrons. The number of aliphatic hydroxyl groups is 2. The lowest BCUT2D eigenvalue weighted by atomic mass is 10.2. The fourth-order valence-electron chi connectivity index (χ4n) is 0.898. The summed E-state index contributed by atoms with van der Waals surface area (Å²) in [5.74, 6) is 0. The van der Waals surface area contributed by atoms with Crippen molar-refractivity contribution in [3.63, 3.8) is 0 Å². The molecule has 0 heterocycles. The minimum absolute atomic E-state index is 0.169. The molecule has 0 saturated heterocycles. The molecule has 4 N–H and O–H groups in total. The quantitative estimate of drug-likeness (QED) is 0.355. The predicted molar refractivity (Wildman–Crippen MR) is 53.6 cm³/mol. The standard InChI is InChI=1S/C6H14O8S2/c1-5(15(9,10)11)3-2-4-6(7,8)16(12,13)14/h5,7-8H,2-4H2,1H3,(H,9,10,11)(H,12,13,14). The fraction of sp³-hybridized carbons (Fsp3) is 1.00. The Kier molecular flexibility index (Phi) is 4.86. The second kappa shape index (κ2) is 4.94. The molecule has 0 saturated carbocycles. The Morgan fingerprint density at radius 1 is 1.12 bits per heavy atom. The molecule has 8 nitrogen and oxygen atoms in total. The average molecular weight is 278 g/mol. The van der Waals surface area contributed by atoms with Crippen LogP contribution in [0.3, 0.4) is 0 Å². The minimum Gasteiger partial charge on any atom is -0.352 e. The van der Waals surface area contributed by atoms with Gasteiger partial charge in [0.05, 0.1) is 5.25 Å². The Morgan fingerprint density at radius 3 is 1.88 bits per heavy atom. The second-order valence-electron chi connectivity index (χ2n) is 3.44. The van der Waals surface area contributed by atoms with Crippen LogP contribution in [0.1, 0.15) is 26.2 Å². The SMILES string of the molecule is CC(CCCC(O)(O)S(=O)(=O)O)S(=O)(=O)O. The van der Waals surface area contributed by atoms with Crippen molar-refractivity contribution < 1.29 is 36.2 Å². The fourth-order valence-corrected chi connectivity index (χ4v) is 1.76. The van der Waals surface area contributed by atoms with E-state index in [1.807, 2.05) is 0 Å². The molecule has 0 spiro atoms. The van der Waals surface area contributed by atoms with Crippen molar-refractivity contribution in [3.05, 3.63) is 0 Å². The Bertz CT molecular complexity index is 419. The maximum atomic E-state index is 10.5. The van der Waals surface area contributed by atoms with E-state index in [1.165, 1.54) is 6.92 Å². The first-order valence-electron chi connectivity index (χ1n) is 4.26. The summed E-state index contributed by atoms with van der Waals surface area (Å²) in [6, 6.07) is 0. The number of rotatable bonds is 6. The van der Waals surface area contributed by atoms with E-state index in [2.05, 4.69) is 0 Å². The van der Waals surface area contributed by atoms with Crippen molar-refractivity contribution in [2.45, 2.75) is 36.6 Å². The van der Waals surface area contributed by atoms with Gasteiger partial charge in [-0.2, -0.15) is 16.8 Å². The van der Waals surface area contributed by atoms with Gasteiger partial charge in [-0.05, 0) is 19.8 Å². The van der Waals surface area contributed by atoms with E-state index in [1.54, 1.807) is 0 Å². The van der Waals surface area contributed by atoms with Crippen molar-refractivity contribution in [2.24, 2.45) is 0 Å². The van der Waals surface area contributed by atoms with Crippen LogP contribution in [0.5, 0.6) is 0 Å². The van der Waals surface area contributed by atoms with Gasteiger partial charge in [0.25, 0.3) is 15.2 Å². The van der Waals surface area contributed by atoms with Crippen LogP contribution in [0, 0.1) is 0 Å². The van der Waals surface area contributed by atoms with Crippen LogP contribution in [0.2, 0.25) is 0 Å². The minimum atomic E-state index is -5.04. The van der Waals surface area contributed by atoms with Crippen molar-refractivity contribution in [3.8, 4) is 0 Å². The molecule has 0 bridgehead atoms. The average Bonchev–Trinajstić information content (AvgIpc) is 1.99. The van der Waals surface area contributed by atoms with Gasteiger partial charge >= 0.3 is 10.1 Å². The van der Waals surface area contributed by atoms with Gasteiger partial charge in [-0.25, -0.2) is 0 Å². The first-order valence-corrected chi connectivity index (χ1v) is 7.20. The molecule has 0 aliphatic rings. The zero-order valence-corrected chi connectivity index (χ0v) is 10.1. The molecule has 1 unspecified atom stereocenters. The monoisotopic (exact) mass is 278 g/mol. The lowest BCUT2D eigenvalue weighted by molar-refractivity contribution is -0.0971. The second-order valence-corrected chi connectivity index (χ2v) is 6.87. The lowest BCUT2D eigenvalue weighted by Crippen LogP contribution is -2.38. The molecule has 0 aromatic carbocycles. The van der Waals surface area contributed by atoms with Gasteiger partial charge in [-0.3, -0.25) is 9.11 Å². The molecule has 0 amide bonds. The van der Waals surface area contributed by atoms with E-state index in [-0.39, 0.29) is 12.8 Å². The topological polar surface area (TPSA) is 149 Å². The van der Waals surface area contributed by atoms with E-state index >= 15 is 0 Å². The molecule has 0 fully saturated rings. The Morgan fingerprint density at radius 2 is 1.56 bits per heavy atom. The van der Waals surface area contributed by atoms with Crippen molar-refractivity contribution >= 4 is 20.2 Å². The molecule has 0 aromatic heterocycles. The lowest BCUT2D eigenvalue weighted by Gasteiger charge is -2.18. The van der Waals surface area contributed by atoms with Crippen LogP contribution in [-0.4, -0.2) is 46.5 Å². The summed E-state index contributed by atoms with van der Waals surface area (Å²) in [5.41, 5.74) is 0. The molecule has 0 aliphatic heterocycles. The molecule has 98 valence electrons. The largest absolute Gasteiger partial charge is 0.352 e. The van der Waals surface area contributed by atoms with Crippen molar-refractivity contribution in [1.82, 2.24) is 0 Å². The van der Waals surface area contributed by atoms with Gasteiger partial charge in [0.1, 0.15) is 0 Å². The highest BCUT2D eigenvalue weighted by Gasteiger charge is 2.38. The van der Waals surface area contributed by atoms with Gasteiger partial charge < -0.3 is 10.2 Å². The van der Waals surface area contributed by atoms with E-state index in [9.17, 15) is 16.8 Å². The van der Waals surface area contributed by atoms with E-state index in [4.69, 9.17) is 19.3 Å². The summed E-state index contributed by atoms with van der Waals surface area (Å²) < 4.78 is 58.9.